The van der Waals surface area contributed by atoms with Crippen molar-refractivity contribution in [2.45, 2.75) is 6.54 Å². The number of rotatable bonds is 5. The predicted octanol–water partition coefficient (Wildman–Crippen LogP) is 2.71. The summed E-state index contributed by atoms with van der Waals surface area (Å²) in [5, 5.41) is 21.9. The SMILES string of the molecule is COc1cccc(CNc2cccc(C(=O)O)c2)c1O. The highest BCUT2D eigenvalue weighted by Gasteiger charge is 2.07. The molecule has 0 aliphatic heterocycles. The van der Waals surface area contributed by atoms with Gasteiger partial charge in [-0.25, -0.2) is 4.79 Å². The van der Waals surface area contributed by atoms with Gasteiger partial charge in [0.2, 0.25) is 0 Å². The highest BCUT2D eigenvalue weighted by molar-refractivity contribution is 5.88. The monoisotopic (exact) mass is 273 g/mol. The topological polar surface area (TPSA) is 78.8 Å². The molecule has 0 atom stereocenters. The summed E-state index contributed by atoms with van der Waals surface area (Å²) in [6.07, 6.45) is 0. The van der Waals surface area contributed by atoms with E-state index < -0.39 is 5.97 Å². The van der Waals surface area contributed by atoms with Crippen molar-refractivity contribution in [3.8, 4) is 11.5 Å². The van der Waals surface area contributed by atoms with Crippen molar-refractivity contribution in [1.29, 1.82) is 0 Å². The quantitative estimate of drug-likeness (QED) is 0.780. The summed E-state index contributed by atoms with van der Waals surface area (Å²) in [6.45, 7) is 0.367. The molecule has 0 aromatic heterocycles. The molecule has 0 unspecified atom stereocenters. The molecule has 0 heterocycles. The molecule has 104 valence electrons. The first kappa shape index (κ1) is 13.7. The lowest BCUT2D eigenvalue weighted by atomic mass is 10.1. The third-order valence-electron chi connectivity index (χ3n) is 2.89. The van der Waals surface area contributed by atoms with Crippen LogP contribution in [0.5, 0.6) is 11.5 Å². The van der Waals surface area contributed by atoms with E-state index in [2.05, 4.69) is 5.32 Å². The van der Waals surface area contributed by atoms with Gasteiger partial charge >= 0.3 is 5.97 Å². The van der Waals surface area contributed by atoms with Crippen LogP contribution < -0.4 is 10.1 Å². The van der Waals surface area contributed by atoms with E-state index in [1.54, 1.807) is 36.4 Å². The predicted molar refractivity (Wildman–Crippen MR) is 75.4 cm³/mol. The Balaban J connectivity index is 2.13. The van der Waals surface area contributed by atoms with Gasteiger partial charge in [-0.1, -0.05) is 18.2 Å². The Morgan fingerprint density at radius 1 is 1.25 bits per heavy atom. The molecule has 0 radical (unpaired) electrons. The van der Waals surface area contributed by atoms with Crippen LogP contribution in [0.15, 0.2) is 42.5 Å². The van der Waals surface area contributed by atoms with Gasteiger partial charge in [-0.05, 0) is 24.3 Å². The van der Waals surface area contributed by atoms with Crippen LogP contribution in [0.25, 0.3) is 0 Å². The lowest BCUT2D eigenvalue weighted by Crippen LogP contribution is -2.02. The smallest absolute Gasteiger partial charge is 0.335 e. The third-order valence-corrected chi connectivity index (χ3v) is 2.89. The number of anilines is 1. The number of para-hydroxylation sites is 1. The van der Waals surface area contributed by atoms with Crippen molar-refractivity contribution in [1.82, 2.24) is 0 Å². The molecule has 2 rings (SSSR count). The second-order valence-corrected chi connectivity index (χ2v) is 4.21. The summed E-state index contributed by atoms with van der Waals surface area (Å²) >= 11 is 0. The second kappa shape index (κ2) is 5.97. The molecular formula is C15H15NO4. The fourth-order valence-corrected chi connectivity index (χ4v) is 1.83. The van der Waals surface area contributed by atoms with Crippen LogP contribution in [-0.2, 0) is 6.54 Å². The first-order valence-electron chi connectivity index (χ1n) is 6.04. The van der Waals surface area contributed by atoms with E-state index in [1.807, 2.05) is 0 Å². The van der Waals surface area contributed by atoms with Crippen molar-refractivity contribution in [3.63, 3.8) is 0 Å². The molecule has 0 bridgehead atoms. The van der Waals surface area contributed by atoms with Gasteiger partial charge in [0.1, 0.15) is 0 Å². The van der Waals surface area contributed by atoms with Gasteiger partial charge in [-0.15, -0.1) is 0 Å². The number of carboxylic acid groups (broad SMARTS) is 1. The number of benzene rings is 2. The molecule has 0 spiro atoms. The van der Waals surface area contributed by atoms with Gasteiger partial charge in [-0.2, -0.15) is 0 Å². The van der Waals surface area contributed by atoms with E-state index in [-0.39, 0.29) is 11.3 Å². The van der Waals surface area contributed by atoms with Crippen molar-refractivity contribution in [3.05, 3.63) is 53.6 Å². The van der Waals surface area contributed by atoms with Crippen molar-refractivity contribution >= 4 is 11.7 Å². The van der Waals surface area contributed by atoms with Crippen molar-refractivity contribution in [2.75, 3.05) is 12.4 Å². The highest BCUT2D eigenvalue weighted by Crippen LogP contribution is 2.29. The van der Waals surface area contributed by atoms with Crippen LogP contribution in [0.1, 0.15) is 15.9 Å². The van der Waals surface area contributed by atoms with Gasteiger partial charge in [0.15, 0.2) is 11.5 Å². The maximum absolute atomic E-state index is 10.9. The lowest BCUT2D eigenvalue weighted by molar-refractivity contribution is 0.0697. The van der Waals surface area contributed by atoms with Gasteiger partial charge < -0.3 is 20.3 Å². The van der Waals surface area contributed by atoms with E-state index >= 15 is 0 Å². The van der Waals surface area contributed by atoms with Crippen LogP contribution >= 0.6 is 0 Å². The zero-order valence-electron chi connectivity index (χ0n) is 11.0. The van der Waals surface area contributed by atoms with E-state index in [0.717, 1.165) is 0 Å². The zero-order valence-corrected chi connectivity index (χ0v) is 11.0. The number of hydrogen-bond acceptors (Lipinski definition) is 4. The Kier molecular flexibility index (Phi) is 4.10. The molecule has 20 heavy (non-hydrogen) atoms. The Morgan fingerprint density at radius 2 is 2.00 bits per heavy atom. The summed E-state index contributed by atoms with van der Waals surface area (Å²) < 4.78 is 5.03. The minimum atomic E-state index is -0.974. The Bertz CT molecular complexity index is 625. The van der Waals surface area contributed by atoms with Crippen molar-refractivity contribution in [2.24, 2.45) is 0 Å². The molecule has 0 saturated carbocycles. The minimum Gasteiger partial charge on any atom is -0.504 e. The molecule has 5 heteroatoms. The number of phenolic OH excluding ortho intramolecular Hbond substituents is 1. The number of ether oxygens (including phenoxy) is 1. The lowest BCUT2D eigenvalue weighted by Gasteiger charge is -2.11. The van der Waals surface area contributed by atoms with Crippen LogP contribution in [0.4, 0.5) is 5.69 Å². The molecule has 2 aromatic rings. The third kappa shape index (κ3) is 3.00. The Labute approximate surface area is 116 Å². The van der Waals surface area contributed by atoms with Crippen molar-refractivity contribution < 1.29 is 19.7 Å². The maximum atomic E-state index is 10.9. The zero-order chi connectivity index (χ0) is 14.5. The summed E-state index contributed by atoms with van der Waals surface area (Å²) in [4.78, 5) is 10.9. The Hall–Kier alpha value is -2.69. The minimum absolute atomic E-state index is 0.0805. The molecule has 3 N–H and O–H groups in total. The molecule has 0 fully saturated rings. The van der Waals surface area contributed by atoms with Gasteiger partial charge in [0.25, 0.3) is 0 Å². The van der Waals surface area contributed by atoms with E-state index in [1.165, 1.54) is 13.2 Å². The van der Waals surface area contributed by atoms with Gasteiger partial charge in [0, 0.05) is 17.8 Å². The Morgan fingerprint density at radius 3 is 2.70 bits per heavy atom. The molecule has 0 aliphatic carbocycles. The first-order valence-corrected chi connectivity index (χ1v) is 6.04. The molecule has 0 saturated heterocycles. The number of carbonyl (C=O) groups is 1. The number of aromatic carboxylic acids is 1. The molecule has 5 nitrogen and oxygen atoms in total. The molecule has 0 amide bonds. The summed E-state index contributed by atoms with van der Waals surface area (Å²) in [5.41, 5.74) is 1.56. The molecular weight excluding hydrogens is 258 g/mol. The maximum Gasteiger partial charge on any atom is 0.335 e. The average Bonchev–Trinajstić information content (AvgIpc) is 2.46. The number of nitrogens with one attached hydrogen (secondary N) is 1. The highest BCUT2D eigenvalue weighted by atomic mass is 16.5. The van der Waals surface area contributed by atoms with Crippen LogP contribution in [0.3, 0.4) is 0 Å². The van der Waals surface area contributed by atoms with E-state index in [0.29, 0.717) is 23.5 Å². The number of methoxy groups -OCH3 is 1. The summed E-state index contributed by atoms with van der Waals surface area (Å²) in [7, 11) is 1.49. The molecule has 0 aliphatic rings. The molecule has 2 aromatic carbocycles. The van der Waals surface area contributed by atoms with E-state index in [9.17, 15) is 9.90 Å². The van der Waals surface area contributed by atoms with E-state index in [4.69, 9.17) is 9.84 Å². The first-order chi connectivity index (χ1) is 9.61. The number of phenols is 1. The van der Waals surface area contributed by atoms with Crippen LogP contribution in [0.2, 0.25) is 0 Å². The summed E-state index contributed by atoms with van der Waals surface area (Å²) in [5.74, 6) is -0.488. The normalized spacial score (nSPS) is 10.1. The van der Waals surface area contributed by atoms with Gasteiger partial charge in [0.05, 0.1) is 12.7 Å². The number of carboxylic acids is 1. The largest absolute Gasteiger partial charge is 0.504 e. The average molecular weight is 273 g/mol. The second-order valence-electron chi connectivity index (χ2n) is 4.21. The van der Waals surface area contributed by atoms with Crippen LogP contribution in [0, 0.1) is 0 Å². The standard InChI is InChI=1S/C15H15NO4/c1-20-13-7-3-5-11(14(13)17)9-16-12-6-2-4-10(8-12)15(18)19/h2-8,16-17H,9H2,1H3,(H,18,19). The number of hydrogen-bond donors (Lipinski definition) is 3. The van der Waals surface area contributed by atoms with Gasteiger partial charge in [-0.3, -0.25) is 0 Å². The number of aromatic hydroxyl groups is 1. The fraction of sp³-hybridized carbons (Fsp3) is 0.133. The van der Waals surface area contributed by atoms with Crippen LogP contribution in [-0.4, -0.2) is 23.3 Å². The summed E-state index contributed by atoms with van der Waals surface area (Å²) in [6, 6.07) is 11.7. The fourth-order valence-electron chi connectivity index (χ4n) is 1.83.